The molecule has 0 spiro atoms. The van der Waals surface area contributed by atoms with Crippen LogP contribution in [0.25, 0.3) is 0 Å². The highest BCUT2D eigenvalue weighted by atomic mass is 32.2. The molecule has 0 aromatic heterocycles. The predicted molar refractivity (Wildman–Crippen MR) is 63.8 cm³/mol. The van der Waals surface area contributed by atoms with E-state index in [-0.39, 0.29) is 12.2 Å². The van der Waals surface area contributed by atoms with Crippen LogP contribution in [0.5, 0.6) is 0 Å². The van der Waals surface area contributed by atoms with Crippen LogP contribution >= 0.6 is 11.8 Å². The molecule has 0 aliphatic carbocycles. The van der Waals surface area contributed by atoms with Crippen LogP contribution in [0.4, 0.5) is 0 Å². The maximum Gasteiger partial charge on any atom is 0.241 e. The Morgan fingerprint density at radius 1 is 1.53 bits per heavy atom. The van der Waals surface area contributed by atoms with E-state index in [1.54, 1.807) is 0 Å². The van der Waals surface area contributed by atoms with Gasteiger partial charge in [0.1, 0.15) is 0 Å². The molecule has 0 saturated carbocycles. The molecule has 0 aromatic rings. The van der Waals surface area contributed by atoms with Crippen molar-refractivity contribution in [2.45, 2.75) is 45.4 Å². The first kappa shape index (κ1) is 11.3. The van der Waals surface area contributed by atoms with Gasteiger partial charge in [0, 0.05) is 11.8 Å². The SMILES string of the molecule is CC(C)C1NC(C)N(C2CCSC2)C1=O. The minimum absolute atomic E-state index is 0.0330. The fraction of sp³-hybridized carbons (Fsp3) is 0.909. The molecule has 4 heteroatoms. The normalized spacial score (nSPS) is 36.9. The Balaban J connectivity index is 2.08. The molecular weight excluding hydrogens is 208 g/mol. The first-order chi connectivity index (χ1) is 7.11. The lowest BCUT2D eigenvalue weighted by molar-refractivity contribution is -0.132. The summed E-state index contributed by atoms with van der Waals surface area (Å²) in [6.45, 7) is 6.31. The lowest BCUT2D eigenvalue weighted by atomic mass is 10.0. The van der Waals surface area contributed by atoms with Crippen molar-refractivity contribution in [3.63, 3.8) is 0 Å². The average Bonchev–Trinajstić information content (AvgIpc) is 2.73. The Morgan fingerprint density at radius 2 is 2.27 bits per heavy atom. The average molecular weight is 228 g/mol. The zero-order valence-corrected chi connectivity index (χ0v) is 10.5. The van der Waals surface area contributed by atoms with Crippen LogP contribution in [0.3, 0.4) is 0 Å². The van der Waals surface area contributed by atoms with Crippen molar-refractivity contribution in [2.24, 2.45) is 5.92 Å². The van der Waals surface area contributed by atoms with Crippen LogP contribution < -0.4 is 5.32 Å². The number of nitrogens with one attached hydrogen (secondary N) is 1. The van der Waals surface area contributed by atoms with Gasteiger partial charge in [-0.25, -0.2) is 0 Å². The summed E-state index contributed by atoms with van der Waals surface area (Å²) in [7, 11) is 0. The minimum atomic E-state index is 0.0330. The van der Waals surface area contributed by atoms with Gasteiger partial charge in [-0.05, 0) is 25.0 Å². The van der Waals surface area contributed by atoms with Crippen molar-refractivity contribution >= 4 is 17.7 Å². The van der Waals surface area contributed by atoms with Crippen molar-refractivity contribution in [2.75, 3.05) is 11.5 Å². The molecule has 0 aromatic carbocycles. The second kappa shape index (κ2) is 4.34. The van der Waals surface area contributed by atoms with Crippen LogP contribution in [0.1, 0.15) is 27.2 Å². The van der Waals surface area contributed by atoms with Gasteiger partial charge in [0.2, 0.25) is 5.91 Å². The van der Waals surface area contributed by atoms with Gasteiger partial charge in [-0.1, -0.05) is 13.8 Å². The number of thioether (sulfide) groups is 1. The summed E-state index contributed by atoms with van der Waals surface area (Å²) in [6, 6.07) is 0.499. The highest BCUT2D eigenvalue weighted by Gasteiger charge is 2.42. The van der Waals surface area contributed by atoms with E-state index in [0.29, 0.717) is 17.9 Å². The lowest BCUT2D eigenvalue weighted by Gasteiger charge is -2.27. The summed E-state index contributed by atoms with van der Waals surface area (Å²) in [5.74, 6) is 3.01. The number of rotatable bonds is 2. The smallest absolute Gasteiger partial charge is 0.241 e. The molecule has 2 saturated heterocycles. The fourth-order valence-electron chi connectivity index (χ4n) is 2.48. The van der Waals surface area contributed by atoms with Crippen molar-refractivity contribution in [1.82, 2.24) is 10.2 Å². The van der Waals surface area contributed by atoms with Crippen molar-refractivity contribution in [3.8, 4) is 0 Å². The van der Waals surface area contributed by atoms with Crippen molar-refractivity contribution in [3.05, 3.63) is 0 Å². The Morgan fingerprint density at radius 3 is 2.73 bits per heavy atom. The van der Waals surface area contributed by atoms with E-state index < -0.39 is 0 Å². The highest BCUT2D eigenvalue weighted by Crippen LogP contribution is 2.27. The van der Waals surface area contributed by atoms with E-state index in [2.05, 4.69) is 31.0 Å². The zero-order chi connectivity index (χ0) is 11.0. The highest BCUT2D eigenvalue weighted by molar-refractivity contribution is 7.99. The van der Waals surface area contributed by atoms with Crippen LogP contribution in [-0.4, -0.2) is 40.6 Å². The van der Waals surface area contributed by atoms with Gasteiger partial charge in [-0.2, -0.15) is 11.8 Å². The predicted octanol–water partition coefficient (Wildman–Crippen LogP) is 1.29. The number of hydrogen-bond acceptors (Lipinski definition) is 3. The maximum absolute atomic E-state index is 12.2. The summed E-state index contributed by atoms with van der Waals surface area (Å²) >= 11 is 1.96. The Hall–Kier alpha value is -0.220. The monoisotopic (exact) mass is 228 g/mol. The van der Waals surface area contributed by atoms with Gasteiger partial charge >= 0.3 is 0 Å². The molecule has 3 unspecified atom stereocenters. The van der Waals surface area contributed by atoms with Crippen molar-refractivity contribution in [1.29, 1.82) is 0 Å². The second-order valence-electron chi connectivity index (χ2n) is 4.83. The van der Waals surface area contributed by atoms with Gasteiger partial charge in [0.05, 0.1) is 12.2 Å². The summed E-state index contributed by atoms with van der Waals surface area (Å²) < 4.78 is 0. The number of carbonyl (C=O) groups is 1. The largest absolute Gasteiger partial charge is 0.322 e. The molecule has 1 N–H and O–H groups in total. The van der Waals surface area contributed by atoms with Crippen LogP contribution in [0.15, 0.2) is 0 Å². The van der Waals surface area contributed by atoms with Crippen molar-refractivity contribution < 1.29 is 4.79 Å². The molecular formula is C11H20N2OS. The Kier molecular flexibility index (Phi) is 3.26. The molecule has 2 fully saturated rings. The van der Waals surface area contributed by atoms with Gasteiger partial charge in [-0.15, -0.1) is 0 Å². The maximum atomic E-state index is 12.2. The number of hydrogen-bond donors (Lipinski definition) is 1. The molecule has 2 aliphatic heterocycles. The first-order valence-electron chi connectivity index (χ1n) is 5.77. The molecule has 0 radical (unpaired) electrons. The van der Waals surface area contributed by atoms with Crippen LogP contribution in [0, 0.1) is 5.92 Å². The summed E-state index contributed by atoms with van der Waals surface area (Å²) in [4.78, 5) is 14.3. The van der Waals surface area contributed by atoms with E-state index in [0.717, 1.165) is 12.2 Å². The van der Waals surface area contributed by atoms with E-state index in [9.17, 15) is 4.79 Å². The number of amides is 1. The third-order valence-corrected chi connectivity index (χ3v) is 4.47. The fourth-order valence-corrected chi connectivity index (χ4v) is 3.68. The van der Waals surface area contributed by atoms with Gasteiger partial charge in [0.15, 0.2) is 0 Å². The zero-order valence-electron chi connectivity index (χ0n) is 9.69. The molecule has 86 valence electrons. The van der Waals surface area contributed by atoms with Gasteiger partial charge in [0.25, 0.3) is 0 Å². The molecule has 15 heavy (non-hydrogen) atoms. The molecule has 2 aliphatic rings. The molecule has 2 rings (SSSR count). The lowest BCUT2D eigenvalue weighted by Crippen LogP contribution is -2.43. The second-order valence-corrected chi connectivity index (χ2v) is 5.98. The minimum Gasteiger partial charge on any atom is -0.322 e. The standard InChI is InChI=1S/C11H20N2OS/c1-7(2)10-11(14)13(8(3)12-10)9-4-5-15-6-9/h7-10,12H,4-6H2,1-3H3. The summed E-state index contributed by atoms with van der Waals surface area (Å²) in [6.07, 6.45) is 1.38. The molecule has 3 nitrogen and oxygen atoms in total. The van der Waals surface area contributed by atoms with E-state index >= 15 is 0 Å². The van der Waals surface area contributed by atoms with Gasteiger partial charge in [-0.3, -0.25) is 10.1 Å². The van der Waals surface area contributed by atoms with Crippen LogP contribution in [-0.2, 0) is 4.79 Å². The first-order valence-corrected chi connectivity index (χ1v) is 6.92. The third-order valence-electron chi connectivity index (χ3n) is 3.32. The summed E-state index contributed by atoms with van der Waals surface area (Å²) in [5, 5.41) is 3.40. The van der Waals surface area contributed by atoms with Crippen LogP contribution in [0.2, 0.25) is 0 Å². The topological polar surface area (TPSA) is 32.3 Å². The van der Waals surface area contributed by atoms with E-state index in [1.165, 1.54) is 5.75 Å². The van der Waals surface area contributed by atoms with E-state index in [4.69, 9.17) is 0 Å². The molecule has 2 heterocycles. The van der Waals surface area contributed by atoms with Gasteiger partial charge < -0.3 is 4.90 Å². The molecule has 1 amide bonds. The molecule has 3 atom stereocenters. The number of nitrogens with zero attached hydrogens (tertiary/aromatic N) is 1. The Labute approximate surface area is 96.0 Å². The summed E-state index contributed by atoms with van der Waals surface area (Å²) in [5.41, 5.74) is 0. The molecule has 0 bridgehead atoms. The van der Waals surface area contributed by atoms with E-state index in [1.807, 2.05) is 11.8 Å². The quantitative estimate of drug-likeness (QED) is 0.773. The Bertz CT molecular complexity index is 251. The third kappa shape index (κ3) is 2.02. The number of carbonyl (C=O) groups excluding carboxylic acids is 1.